The van der Waals surface area contributed by atoms with E-state index in [0.717, 1.165) is 43.6 Å². The molecule has 106 valence electrons. The number of fused-ring (bicyclic) bond motifs is 1. The van der Waals surface area contributed by atoms with Gasteiger partial charge in [-0.25, -0.2) is 4.98 Å². The van der Waals surface area contributed by atoms with Crippen LogP contribution in [0.5, 0.6) is 0 Å². The van der Waals surface area contributed by atoms with Crippen LogP contribution in [0.4, 0.5) is 13.2 Å². The third-order valence-corrected chi connectivity index (χ3v) is 3.82. The van der Waals surface area contributed by atoms with Gasteiger partial charge in [-0.2, -0.15) is 13.2 Å². The molecule has 0 saturated carbocycles. The van der Waals surface area contributed by atoms with Gasteiger partial charge in [0.1, 0.15) is 5.82 Å². The van der Waals surface area contributed by atoms with E-state index in [1.165, 1.54) is 6.07 Å². The summed E-state index contributed by atoms with van der Waals surface area (Å²) >= 11 is 6.09. The highest BCUT2D eigenvalue weighted by Crippen LogP contribution is 2.34. The fourth-order valence-electron chi connectivity index (χ4n) is 2.55. The van der Waals surface area contributed by atoms with Crippen LogP contribution < -0.4 is 0 Å². The second-order valence-corrected chi connectivity index (χ2v) is 5.22. The summed E-state index contributed by atoms with van der Waals surface area (Å²) < 4.78 is 40.3. The van der Waals surface area contributed by atoms with Gasteiger partial charge in [-0.15, -0.1) is 0 Å². The molecule has 0 saturated heterocycles. The molecular weight excluding hydrogens is 289 g/mol. The maximum atomic E-state index is 12.8. The van der Waals surface area contributed by atoms with Gasteiger partial charge in [-0.05, 0) is 31.4 Å². The van der Waals surface area contributed by atoms with E-state index < -0.39 is 11.7 Å². The van der Waals surface area contributed by atoms with Gasteiger partial charge in [-0.1, -0.05) is 23.7 Å². The topological polar surface area (TPSA) is 17.8 Å². The van der Waals surface area contributed by atoms with E-state index in [2.05, 4.69) is 4.98 Å². The minimum Gasteiger partial charge on any atom is -0.327 e. The van der Waals surface area contributed by atoms with Crippen molar-refractivity contribution in [1.82, 2.24) is 9.55 Å². The van der Waals surface area contributed by atoms with Crippen molar-refractivity contribution < 1.29 is 13.2 Å². The first kappa shape index (κ1) is 13.5. The Bertz CT molecular complexity index is 646. The van der Waals surface area contributed by atoms with E-state index >= 15 is 0 Å². The molecule has 1 aromatic carbocycles. The minimum atomic E-state index is -4.35. The Kier molecular flexibility index (Phi) is 3.24. The van der Waals surface area contributed by atoms with Gasteiger partial charge < -0.3 is 4.57 Å². The molecule has 0 amide bonds. The van der Waals surface area contributed by atoms with Crippen molar-refractivity contribution >= 4 is 11.6 Å². The van der Waals surface area contributed by atoms with Crippen molar-refractivity contribution in [2.75, 3.05) is 0 Å². The third-order valence-electron chi connectivity index (χ3n) is 3.52. The van der Waals surface area contributed by atoms with Gasteiger partial charge in [0.05, 0.1) is 11.3 Å². The molecule has 0 N–H and O–H groups in total. The normalized spacial score (nSPS) is 15.2. The molecule has 1 aliphatic rings. The number of halogens is 4. The quantitative estimate of drug-likeness (QED) is 0.755. The highest BCUT2D eigenvalue weighted by molar-refractivity contribution is 6.30. The van der Waals surface area contributed by atoms with Crippen LogP contribution in [0.3, 0.4) is 0 Å². The van der Waals surface area contributed by atoms with Gasteiger partial charge in [0.2, 0.25) is 0 Å². The van der Waals surface area contributed by atoms with Gasteiger partial charge in [0.25, 0.3) is 0 Å². The Labute approximate surface area is 119 Å². The maximum Gasteiger partial charge on any atom is 0.416 e. The Morgan fingerprint density at radius 1 is 1.20 bits per heavy atom. The summed E-state index contributed by atoms with van der Waals surface area (Å²) in [5.41, 5.74) is 0.708. The first-order valence-corrected chi connectivity index (χ1v) is 6.77. The van der Waals surface area contributed by atoms with Crippen molar-refractivity contribution in [1.29, 1.82) is 0 Å². The molecule has 0 atom stereocenters. The lowest BCUT2D eigenvalue weighted by atomic mass is 10.1. The molecule has 0 radical (unpaired) electrons. The molecule has 0 unspecified atom stereocenters. The Morgan fingerprint density at radius 2 is 2.00 bits per heavy atom. The number of benzene rings is 1. The average Bonchev–Trinajstić information content (AvgIpc) is 2.76. The summed E-state index contributed by atoms with van der Waals surface area (Å²) in [5, 5.41) is 0.400. The smallest absolute Gasteiger partial charge is 0.327 e. The summed E-state index contributed by atoms with van der Waals surface area (Å²) in [5.74, 6) is 0.524. The number of nitrogens with zero attached hydrogens (tertiary/aromatic N) is 2. The van der Waals surface area contributed by atoms with Crippen LogP contribution in [0.25, 0.3) is 11.4 Å². The van der Waals surface area contributed by atoms with Crippen LogP contribution in [0.2, 0.25) is 5.15 Å². The van der Waals surface area contributed by atoms with Gasteiger partial charge in [-0.3, -0.25) is 0 Å². The lowest BCUT2D eigenvalue weighted by Crippen LogP contribution is -2.11. The molecule has 3 rings (SSSR count). The van der Waals surface area contributed by atoms with Crippen LogP contribution in [-0.4, -0.2) is 9.55 Å². The molecule has 0 aliphatic carbocycles. The second-order valence-electron chi connectivity index (χ2n) is 4.86. The van der Waals surface area contributed by atoms with Gasteiger partial charge in [0, 0.05) is 12.1 Å². The summed E-state index contributed by atoms with van der Waals surface area (Å²) in [7, 11) is 0. The van der Waals surface area contributed by atoms with Crippen molar-refractivity contribution in [2.24, 2.45) is 0 Å². The van der Waals surface area contributed by atoms with E-state index in [1.807, 2.05) is 4.57 Å². The van der Waals surface area contributed by atoms with E-state index in [9.17, 15) is 13.2 Å². The Balaban J connectivity index is 2.10. The van der Waals surface area contributed by atoms with Crippen LogP contribution >= 0.6 is 11.6 Å². The predicted octanol–water partition coefficient (Wildman–Crippen LogP) is 4.56. The summed E-state index contributed by atoms with van der Waals surface area (Å²) in [6.07, 6.45) is -1.50. The molecular formula is C14H12ClF3N2. The molecule has 2 heterocycles. The maximum absolute atomic E-state index is 12.8. The zero-order chi connectivity index (χ0) is 14.3. The molecule has 20 heavy (non-hydrogen) atoms. The van der Waals surface area contributed by atoms with E-state index in [4.69, 9.17) is 11.6 Å². The molecule has 2 aromatic rings. The first-order chi connectivity index (χ1) is 9.47. The Morgan fingerprint density at radius 3 is 2.75 bits per heavy atom. The Hall–Kier alpha value is -1.49. The molecule has 6 heteroatoms. The fourth-order valence-corrected chi connectivity index (χ4v) is 2.83. The summed E-state index contributed by atoms with van der Waals surface area (Å²) in [6, 6.07) is 5.22. The van der Waals surface area contributed by atoms with E-state index in [1.54, 1.807) is 6.07 Å². The standard InChI is InChI=1S/C14H12ClF3N2/c15-12-11-6-1-2-7-20(11)13(19-12)9-4-3-5-10(8-9)14(16,17)18/h3-5,8H,1-2,6-7H2. The van der Waals surface area contributed by atoms with Crippen LogP contribution in [-0.2, 0) is 19.1 Å². The minimum absolute atomic E-state index is 0.400. The second kappa shape index (κ2) is 4.81. The lowest BCUT2D eigenvalue weighted by Gasteiger charge is -2.17. The van der Waals surface area contributed by atoms with Gasteiger partial charge in [0.15, 0.2) is 5.15 Å². The number of imidazole rings is 1. The van der Waals surface area contributed by atoms with Crippen molar-refractivity contribution in [3.05, 3.63) is 40.7 Å². The zero-order valence-electron chi connectivity index (χ0n) is 10.5. The molecule has 1 aromatic heterocycles. The number of aromatic nitrogens is 2. The number of hydrogen-bond acceptors (Lipinski definition) is 1. The first-order valence-electron chi connectivity index (χ1n) is 6.39. The average molecular weight is 301 g/mol. The van der Waals surface area contributed by atoms with Crippen molar-refractivity contribution in [3.63, 3.8) is 0 Å². The van der Waals surface area contributed by atoms with E-state index in [-0.39, 0.29) is 0 Å². The largest absolute Gasteiger partial charge is 0.416 e. The van der Waals surface area contributed by atoms with Crippen molar-refractivity contribution in [2.45, 2.75) is 32.0 Å². The number of hydrogen-bond donors (Lipinski definition) is 0. The molecule has 1 aliphatic heterocycles. The third kappa shape index (κ3) is 2.30. The number of alkyl halides is 3. The van der Waals surface area contributed by atoms with Crippen LogP contribution in [0.1, 0.15) is 24.1 Å². The molecule has 2 nitrogen and oxygen atoms in total. The van der Waals surface area contributed by atoms with Gasteiger partial charge >= 0.3 is 6.18 Å². The monoisotopic (exact) mass is 300 g/mol. The fraction of sp³-hybridized carbons (Fsp3) is 0.357. The lowest BCUT2D eigenvalue weighted by molar-refractivity contribution is -0.137. The molecule has 0 spiro atoms. The summed E-state index contributed by atoms with van der Waals surface area (Å²) in [4.78, 5) is 4.25. The highest BCUT2D eigenvalue weighted by atomic mass is 35.5. The van der Waals surface area contributed by atoms with E-state index in [0.29, 0.717) is 16.5 Å². The van der Waals surface area contributed by atoms with Crippen LogP contribution in [0.15, 0.2) is 24.3 Å². The highest BCUT2D eigenvalue weighted by Gasteiger charge is 2.31. The number of rotatable bonds is 1. The van der Waals surface area contributed by atoms with Crippen molar-refractivity contribution in [3.8, 4) is 11.4 Å². The zero-order valence-corrected chi connectivity index (χ0v) is 11.3. The SMILES string of the molecule is FC(F)(F)c1cccc(-c2nc(Cl)c3n2CCCC3)c1. The predicted molar refractivity (Wildman–Crippen MR) is 70.6 cm³/mol. The molecule has 0 bridgehead atoms. The van der Waals surface area contributed by atoms with Crippen LogP contribution in [0, 0.1) is 0 Å². The summed E-state index contributed by atoms with van der Waals surface area (Å²) in [6.45, 7) is 0.751. The molecule has 0 fully saturated rings.